The molecule has 4 nitrogen and oxygen atoms in total. The summed E-state index contributed by atoms with van der Waals surface area (Å²) in [5, 5.41) is 3.44. The summed E-state index contributed by atoms with van der Waals surface area (Å²) in [4.78, 5) is 6.97. The maximum absolute atomic E-state index is 4.59. The summed E-state index contributed by atoms with van der Waals surface area (Å²) < 4.78 is 2.29. The Labute approximate surface area is 110 Å². The van der Waals surface area contributed by atoms with Gasteiger partial charge in [-0.2, -0.15) is 0 Å². The first-order chi connectivity index (χ1) is 8.43. The Bertz CT molecular complexity index is 402. The number of aryl methyl sites for hydroxylation is 1. The average Bonchev–Trinajstić information content (AvgIpc) is 2.50. The summed E-state index contributed by atoms with van der Waals surface area (Å²) in [6.07, 6.45) is 6.09. The van der Waals surface area contributed by atoms with Gasteiger partial charge in [-0.15, -0.1) is 0 Å². The van der Waals surface area contributed by atoms with E-state index in [9.17, 15) is 0 Å². The van der Waals surface area contributed by atoms with E-state index in [1.165, 1.54) is 19.3 Å². The van der Waals surface area contributed by atoms with Crippen LogP contribution >= 0.6 is 0 Å². The highest BCUT2D eigenvalue weighted by Gasteiger charge is 2.39. The van der Waals surface area contributed by atoms with Crippen LogP contribution in [0.2, 0.25) is 0 Å². The molecule has 1 heterocycles. The molecule has 2 rings (SSSR count). The second-order valence-electron chi connectivity index (χ2n) is 6.11. The Morgan fingerprint density at radius 2 is 2.11 bits per heavy atom. The summed E-state index contributed by atoms with van der Waals surface area (Å²) in [5.41, 5.74) is 1.42. The molecular weight excluding hydrogens is 224 g/mol. The maximum Gasteiger partial charge on any atom is 0.203 e. The van der Waals surface area contributed by atoms with Crippen molar-refractivity contribution in [3.63, 3.8) is 0 Å². The lowest BCUT2D eigenvalue weighted by Crippen LogP contribution is -2.53. The Balaban J connectivity index is 2.17. The fourth-order valence-electron chi connectivity index (χ4n) is 2.69. The molecule has 18 heavy (non-hydrogen) atoms. The van der Waals surface area contributed by atoms with E-state index in [-0.39, 0.29) is 0 Å². The van der Waals surface area contributed by atoms with Crippen LogP contribution in [-0.2, 0) is 6.54 Å². The Kier molecular flexibility index (Phi) is 3.66. The first-order valence-electron chi connectivity index (χ1n) is 6.91. The highest BCUT2D eigenvalue weighted by molar-refractivity contribution is 5.30. The molecule has 1 aromatic rings. The lowest BCUT2D eigenvalue weighted by Gasteiger charge is -2.47. The van der Waals surface area contributed by atoms with Crippen LogP contribution in [0, 0.1) is 6.92 Å². The van der Waals surface area contributed by atoms with Crippen molar-refractivity contribution in [2.45, 2.75) is 58.2 Å². The van der Waals surface area contributed by atoms with Crippen molar-refractivity contribution in [2.75, 3.05) is 19.4 Å². The van der Waals surface area contributed by atoms with Gasteiger partial charge >= 0.3 is 0 Å². The van der Waals surface area contributed by atoms with Crippen molar-refractivity contribution in [1.82, 2.24) is 14.5 Å². The molecule has 1 aliphatic carbocycles. The third kappa shape index (κ3) is 2.53. The molecule has 0 radical (unpaired) electrons. The molecule has 0 atom stereocenters. The van der Waals surface area contributed by atoms with Gasteiger partial charge in [-0.3, -0.25) is 0 Å². The zero-order valence-electron chi connectivity index (χ0n) is 12.3. The van der Waals surface area contributed by atoms with Crippen molar-refractivity contribution in [1.29, 1.82) is 0 Å². The van der Waals surface area contributed by atoms with Gasteiger partial charge in [0.25, 0.3) is 0 Å². The summed E-state index contributed by atoms with van der Waals surface area (Å²) in [7, 11) is 4.39. The van der Waals surface area contributed by atoms with Crippen LogP contribution in [0.3, 0.4) is 0 Å². The van der Waals surface area contributed by atoms with Gasteiger partial charge in [-0.05, 0) is 54.1 Å². The molecule has 0 amide bonds. The van der Waals surface area contributed by atoms with E-state index in [4.69, 9.17) is 0 Å². The molecule has 1 saturated carbocycles. The van der Waals surface area contributed by atoms with Crippen LogP contribution in [-0.4, -0.2) is 40.1 Å². The normalized spacial score (nSPS) is 18.2. The first kappa shape index (κ1) is 13.4. The van der Waals surface area contributed by atoms with Gasteiger partial charge in [0.05, 0.1) is 5.69 Å². The van der Waals surface area contributed by atoms with Gasteiger partial charge < -0.3 is 14.8 Å². The van der Waals surface area contributed by atoms with Crippen molar-refractivity contribution >= 4 is 5.95 Å². The van der Waals surface area contributed by atoms with Crippen LogP contribution in [0.5, 0.6) is 0 Å². The molecule has 102 valence electrons. The van der Waals surface area contributed by atoms with Crippen LogP contribution in [0.25, 0.3) is 0 Å². The van der Waals surface area contributed by atoms with E-state index in [2.05, 4.69) is 60.8 Å². The van der Waals surface area contributed by atoms with Crippen molar-refractivity contribution in [3.8, 4) is 0 Å². The SMILES string of the molecule is Cc1cn(CC2(N(C)C)CCC2)c(NC(C)C)n1. The van der Waals surface area contributed by atoms with Gasteiger partial charge in [0.1, 0.15) is 0 Å². The fraction of sp³-hybridized carbons (Fsp3) is 0.786. The highest BCUT2D eigenvalue weighted by atomic mass is 15.3. The number of nitrogens with one attached hydrogen (secondary N) is 1. The second kappa shape index (κ2) is 4.92. The zero-order chi connectivity index (χ0) is 13.3. The topological polar surface area (TPSA) is 33.1 Å². The first-order valence-corrected chi connectivity index (χ1v) is 6.91. The minimum atomic E-state index is 0.334. The number of likely N-dealkylation sites (N-methyl/N-ethyl adjacent to an activating group) is 1. The van der Waals surface area contributed by atoms with Gasteiger partial charge in [0.2, 0.25) is 5.95 Å². The third-order valence-electron chi connectivity index (χ3n) is 4.01. The summed E-state index contributed by atoms with van der Waals surface area (Å²) in [5.74, 6) is 1.01. The summed E-state index contributed by atoms with van der Waals surface area (Å²) >= 11 is 0. The van der Waals surface area contributed by atoms with Gasteiger partial charge in [-0.25, -0.2) is 4.98 Å². The minimum absolute atomic E-state index is 0.334. The van der Waals surface area contributed by atoms with Gasteiger partial charge in [0, 0.05) is 24.3 Å². The smallest absolute Gasteiger partial charge is 0.203 e. The van der Waals surface area contributed by atoms with E-state index < -0.39 is 0 Å². The second-order valence-corrected chi connectivity index (χ2v) is 6.11. The van der Waals surface area contributed by atoms with Crippen molar-refractivity contribution in [2.24, 2.45) is 0 Å². The molecule has 0 unspecified atom stereocenters. The van der Waals surface area contributed by atoms with Crippen molar-refractivity contribution in [3.05, 3.63) is 11.9 Å². The van der Waals surface area contributed by atoms with Crippen LogP contribution in [0.15, 0.2) is 6.20 Å². The molecule has 0 aromatic carbocycles. The zero-order valence-corrected chi connectivity index (χ0v) is 12.3. The standard InChI is InChI=1S/C14H26N4/c1-11(2)15-13-16-12(3)9-18(13)10-14(17(4)5)7-6-8-14/h9,11H,6-8,10H2,1-5H3,(H,15,16). The highest BCUT2D eigenvalue weighted by Crippen LogP contribution is 2.38. The minimum Gasteiger partial charge on any atom is -0.353 e. The van der Waals surface area contributed by atoms with E-state index >= 15 is 0 Å². The number of aromatic nitrogens is 2. The van der Waals surface area contributed by atoms with E-state index in [1.54, 1.807) is 0 Å². The molecule has 1 N–H and O–H groups in total. The largest absolute Gasteiger partial charge is 0.353 e. The molecule has 4 heteroatoms. The maximum atomic E-state index is 4.59. The van der Waals surface area contributed by atoms with Crippen LogP contribution in [0.4, 0.5) is 5.95 Å². The monoisotopic (exact) mass is 250 g/mol. The Morgan fingerprint density at radius 1 is 1.44 bits per heavy atom. The molecule has 1 aromatic heterocycles. The number of rotatable bonds is 5. The number of nitrogens with zero attached hydrogens (tertiary/aromatic N) is 3. The number of anilines is 1. The molecule has 0 spiro atoms. The fourth-order valence-corrected chi connectivity index (χ4v) is 2.69. The molecule has 1 fully saturated rings. The van der Waals surface area contributed by atoms with E-state index in [0.717, 1.165) is 18.2 Å². The van der Waals surface area contributed by atoms with Crippen LogP contribution < -0.4 is 5.32 Å². The quantitative estimate of drug-likeness (QED) is 0.871. The Morgan fingerprint density at radius 3 is 2.56 bits per heavy atom. The lowest BCUT2D eigenvalue weighted by molar-refractivity contribution is 0.0429. The number of imidazole rings is 1. The Hall–Kier alpha value is -1.03. The summed E-state index contributed by atoms with van der Waals surface area (Å²) in [6.45, 7) is 7.40. The average molecular weight is 250 g/mol. The van der Waals surface area contributed by atoms with Gasteiger partial charge in [-0.1, -0.05) is 0 Å². The van der Waals surface area contributed by atoms with E-state index in [1.807, 2.05) is 0 Å². The summed E-state index contributed by atoms with van der Waals surface area (Å²) in [6, 6.07) is 0.419. The molecule has 1 aliphatic rings. The van der Waals surface area contributed by atoms with Gasteiger partial charge in [0.15, 0.2) is 0 Å². The predicted molar refractivity (Wildman–Crippen MR) is 76.0 cm³/mol. The van der Waals surface area contributed by atoms with E-state index in [0.29, 0.717) is 11.6 Å². The predicted octanol–water partition coefficient (Wildman–Crippen LogP) is 2.50. The molecular formula is C14H26N4. The molecule has 0 bridgehead atoms. The van der Waals surface area contributed by atoms with Crippen LogP contribution in [0.1, 0.15) is 38.8 Å². The van der Waals surface area contributed by atoms with Crippen molar-refractivity contribution < 1.29 is 0 Å². The number of hydrogen-bond donors (Lipinski definition) is 1. The third-order valence-corrected chi connectivity index (χ3v) is 4.01. The number of hydrogen-bond acceptors (Lipinski definition) is 3. The molecule has 0 aliphatic heterocycles. The lowest BCUT2D eigenvalue weighted by atomic mass is 9.75. The molecule has 0 saturated heterocycles.